The second kappa shape index (κ2) is 14.0. The first-order chi connectivity index (χ1) is 12.2. The first-order valence-corrected chi connectivity index (χ1v) is 10.2. The van der Waals surface area contributed by atoms with Crippen LogP contribution in [0, 0.1) is 11.8 Å². The predicted octanol–water partition coefficient (Wildman–Crippen LogP) is 1.86. The van der Waals surface area contributed by atoms with Crippen LogP contribution >= 0.6 is 24.0 Å². The molecule has 1 saturated heterocycles. The number of aliphatic imine (C=N–C) groups is 1. The molecule has 6 nitrogen and oxygen atoms in total. The Morgan fingerprint density at radius 1 is 1.15 bits per heavy atom. The largest absolute Gasteiger partial charge is 0.381 e. The number of ether oxygens (including phenoxy) is 1. The highest BCUT2D eigenvalue weighted by Gasteiger charge is 2.20. The number of guanidine groups is 1. The summed E-state index contributed by atoms with van der Waals surface area (Å²) in [5.74, 6) is 2.38. The molecule has 2 rings (SSSR count). The van der Waals surface area contributed by atoms with Gasteiger partial charge in [0.15, 0.2) is 5.96 Å². The van der Waals surface area contributed by atoms with Crippen molar-refractivity contribution in [1.29, 1.82) is 0 Å². The van der Waals surface area contributed by atoms with Gasteiger partial charge in [-0.3, -0.25) is 4.99 Å². The highest BCUT2D eigenvalue weighted by Crippen LogP contribution is 2.28. The Bertz CT molecular complexity index is 384. The molecule has 7 heteroatoms. The van der Waals surface area contributed by atoms with Gasteiger partial charge in [-0.2, -0.15) is 0 Å². The molecular formula is C19H40IN5O. The molecule has 0 spiro atoms. The van der Waals surface area contributed by atoms with Crippen LogP contribution in [0.4, 0.5) is 0 Å². The van der Waals surface area contributed by atoms with Gasteiger partial charge in [0.1, 0.15) is 0 Å². The summed E-state index contributed by atoms with van der Waals surface area (Å²) in [6.07, 6.45) is 3.76. The van der Waals surface area contributed by atoms with Crippen molar-refractivity contribution in [3.63, 3.8) is 0 Å². The van der Waals surface area contributed by atoms with E-state index >= 15 is 0 Å². The lowest BCUT2D eigenvalue weighted by Crippen LogP contribution is -2.48. The van der Waals surface area contributed by atoms with E-state index in [0.717, 1.165) is 51.1 Å². The Kier molecular flexibility index (Phi) is 12.8. The standard InChI is InChI=1S/C19H39N5O.HI/c1-4-23-9-11-24(12-10-23)15-17(2)14-22-19(20-3)21-8-5-13-25-16-18-6-7-18;/h17-18H,4-16H2,1-3H3,(H2,20,21,22);1H. The average molecular weight is 481 g/mol. The third-order valence-corrected chi connectivity index (χ3v) is 5.13. The molecule has 2 fully saturated rings. The minimum atomic E-state index is 0. The van der Waals surface area contributed by atoms with Crippen molar-refractivity contribution < 1.29 is 4.74 Å². The van der Waals surface area contributed by atoms with E-state index in [1.807, 2.05) is 7.05 Å². The number of halogens is 1. The average Bonchev–Trinajstić information content (AvgIpc) is 3.45. The van der Waals surface area contributed by atoms with E-state index in [-0.39, 0.29) is 24.0 Å². The fraction of sp³-hybridized carbons (Fsp3) is 0.947. The lowest BCUT2D eigenvalue weighted by Gasteiger charge is -2.35. The zero-order valence-corrected chi connectivity index (χ0v) is 19.3. The van der Waals surface area contributed by atoms with Crippen LogP contribution in [0.1, 0.15) is 33.1 Å². The Hall–Kier alpha value is -0.120. The second-order valence-electron chi connectivity index (χ2n) is 7.59. The monoisotopic (exact) mass is 481 g/mol. The molecule has 26 heavy (non-hydrogen) atoms. The summed E-state index contributed by atoms with van der Waals surface area (Å²) < 4.78 is 5.66. The second-order valence-corrected chi connectivity index (χ2v) is 7.59. The molecule has 0 aromatic carbocycles. The van der Waals surface area contributed by atoms with E-state index < -0.39 is 0 Å². The zero-order chi connectivity index (χ0) is 17.9. The highest BCUT2D eigenvalue weighted by atomic mass is 127. The van der Waals surface area contributed by atoms with Crippen LogP contribution in [0.5, 0.6) is 0 Å². The summed E-state index contributed by atoms with van der Waals surface area (Å²) in [6, 6.07) is 0. The van der Waals surface area contributed by atoms with Crippen LogP contribution in [0.2, 0.25) is 0 Å². The predicted molar refractivity (Wildman–Crippen MR) is 121 cm³/mol. The molecule has 0 aromatic heterocycles. The molecule has 1 heterocycles. The van der Waals surface area contributed by atoms with E-state index in [2.05, 4.69) is 39.3 Å². The van der Waals surface area contributed by atoms with Gasteiger partial charge in [0, 0.05) is 66.1 Å². The van der Waals surface area contributed by atoms with Crippen molar-refractivity contribution in [1.82, 2.24) is 20.4 Å². The van der Waals surface area contributed by atoms with Gasteiger partial charge in [0.25, 0.3) is 0 Å². The number of nitrogens with zero attached hydrogens (tertiary/aromatic N) is 3. The Morgan fingerprint density at radius 2 is 1.85 bits per heavy atom. The van der Waals surface area contributed by atoms with Gasteiger partial charge in [-0.15, -0.1) is 24.0 Å². The van der Waals surface area contributed by atoms with E-state index in [9.17, 15) is 0 Å². The number of hydrogen-bond donors (Lipinski definition) is 2. The number of piperazine rings is 1. The van der Waals surface area contributed by atoms with Crippen molar-refractivity contribution in [2.75, 3.05) is 72.6 Å². The topological polar surface area (TPSA) is 52.1 Å². The molecule has 2 aliphatic rings. The van der Waals surface area contributed by atoms with Crippen molar-refractivity contribution >= 4 is 29.9 Å². The molecule has 1 aliphatic carbocycles. The maximum Gasteiger partial charge on any atom is 0.190 e. The van der Waals surface area contributed by atoms with Crippen LogP contribution in [-0.2, 0) is 4.74 Å². The van der Waals surface area contributed by atoms with Gasteiger partial charge in [-0.05, 0) is 37.6 Å². The highest BCUT2D eigenvalue weighted by molar-refractivity contribution is 14.0. The molecule has 0 radical (unpaired) electrons. The van der Waals surface area contributed by atoms with Crippen molar-refractivity contribution in [2.24, 2.45) is 16.8 Å². The molecule has 1 unspecified atom stereocenters. The fourth-order valence-corrected chi connectivity index (χ4v) is 3.20. The smallest absolute Gasteiger partial charge is 0.190 e. The number of nitrogens with one attached hydrogen (secondary N) is 2. The quantitative estimate of drug-likeness (QED) is 0.204. The minimum absolute atomic E-state index is 0. The lowest BCUT2D eigenvalue weighted by atomic mass is 10.1. The van der Waals surface area contributed by atoms with Crippen LogP contribution in [0.3, 0.4) is 0 Å². The lowest BCUT2D eigenvalue weighted by molar-refractivity contribution is 0.122. The van der Waals surface area contributed by atoms with E-state index in [1.165, 1.54) is 45.6 Å². The number of rotatable bonds is 11. The summed E-state index contributed by atoms with van der Waals surface area (Å²) in [5.41, 5.74) is 0. The maximum atomic E-state index is 5.66. The summed E-state index contributed by atoms with van der Waals surface area (Å²) in [5, 5.41) is 6.84. The van der Waals surface area contributed by atoms with Crippen LogP contribution in [-0.4, -0.2) is 88.4 Å². The molecule has 154 valence electrons. The first kappa shape index (κ1) is 23.9. The van der Waals surface area contributed by atoms with Crippen molar-refractivity contribution in [3.8, 4) is 0 Å². The molecule has 0 aromatic rings. The minimum Gasteiger partial charge on any atom is -0.381 e. The third-order valence-electron chi connectivity index (χ3n) is 5.13. The third kappa shape index (κ3) is 10.3. The zero-order valence-electron chi connectivity index (χ0n) is 17.0. The van der Waals surface area contributed by atoms with E-state index in [0.29, 0.717) is 5.92 Å². The summed E-state index contributed by atoms with van der Waals surface area (Å²) in [6.45, 7) is 15.4. The number of hydrogen-bond acceptors (Lipinski definition) is 4. The normalized spacial score (nSPS) is 20.5. The number of likely N-dealkylation sites (N-methyl/N-ethyl adjacent to an activating group) is 1. The van der Waals surface area contributed by atoms with Gasteiger partial charge in [0.2, 0.25) is 0 Å². The van der Waals surface area contributed by atoms with Crippen LogP contribution in [0.15, 0.2) is 4.99 Å². The molecule has 2 N–H and O–H groups in total. The van der Waals surface area contributed by atoms with Gasteiger partial charge >= 0.3 is 0 Å². The van der Waals surface area contributed by atoms with Crippen LogP contribution < -0.4 is 10.6 Å². The molecule has 1 saturated carbocycles. The Balaban J connectivity index is 0.00000338. The first-order valence-electron chi connectivity index (χ1n) is 10.2. The summed E-state index contributed by atoms with van der Waals surface area (Å²) >= 11 is 0. The molecule has 0 amide bonds. The summed E-state index contributed by atoms with van der Waals surface area (Å²) in [7, 11) is 1.84. The van der Waals surface area contributed by atoms with Gasteiger partial charge in [-0.25, -0.2) is 0 Å². The van der Waals surface area contributed by atoms with E-state index in [4.69, 9.17) is 4.74 Å². The van der Waals surface area contributed by atoms with Crippen molar-refractivity contribution in [3.05, 3.63) is 0 Å². The molecule has 1 atom stereocenters. The van der Waals surface area contributed by atoms with Gasteiger partial charge in [-0.1, -0.05) is 13.8 Å². The Labute approximate surface area is 177 Å². The fourth-order valence-electron chi connectivity index (χ4n) is 3.20. The molecule has 1 aliphatic heterocycles. The maximum absolute atomic E-state index is 5.66. The van der Waals surface area contributed by atoms with Crippen LogP contribution in [0.25, 0.3) is 0 Å². The SMILES string of the molecule is CCN1CCN(CC(C)CNC(=NC)NCCCOCC2CC2)CC1.I. The Morgan fingerprint density at radius 3 is 2.46 bits per heavy atom. The molecule has 0 bridgehead atoms. The van der Waals surface area contributed by atoms with Crippen molar-refractivity contribution in [2.45, 2.75) is 33.1 Å². The van der Waals surface area contributed by atoms with Gasteiger partial charge < -0.3 is 25.2 Å². The van der Waals surface area contributed by atoms with Gasteiger partial charge in [0.05, 0.1) is 0 Å². The molecular weight excluding hydrogens is 441 g/mol. The van der Waals surface area contributed by atoms with E-state index in [1.54, 1.807) is 0 Å². The summed E-state index contributed by atoms with van der Waals surface area (Å²) in [4.78, 5) is 9.43.